The van der Waals surface area contributed by atoms with Crippen LogP contribution in [0.5, 0.6) is 0 Å². The summed E-state index contributed by atoms with van der Waals surface area (Å²) < 4.78 is 63.5. The minimum atomic E-state index is -1.49. The van der Waals surface area contributed by atoms with Crippen LogP contribution >= 0.6 is 0 Å². The molecule has 2 heterocycles. The van der Waals surface area contributed by atoms with E-state index in [4.69, 9.17) is 56.8 Å². The first-order chi connectivity index (χ1) is 22.6. The van der Waals surface area contributed by atoms with Crippen LogP contribution in [0.25, 0.3) is 0 Å². The van der Waals surface area contributed by atoms with Gasteiger partial charge in [0.15, 0.2) is 0 Å². The molecule has 0 aromatic heterocycles. The lowest BCUT2D eigenvalue weighted by Crippen LogP contribution is -2.37. The van der Waals surface area contributed by atoms with Gasteiger partial charge in [0.2, 0.25) is 0 Å². The van der Waals surface area contributed by atoms with Crippen LogP contribution in [0.15, 0.2) is 0 Å². The molecule has 0 unspecified atom stereocenters. The number of rotatable bonds is 11. The van der Waals surface area contributed by atoms with Crippen LogP contribution in [0.1, 0.15) is 38.5 Å². The second-order valence-corrected chi connectivity index (χ2v) is 9.97. The topological polar surface area (TPSA) is 179 Å². The first-order valence-electron chi connectivity index (χ1n) is 16.0. The monoisotopic (exact) mass is 666 g/mol. The summed E-state index contributed by atoms with van der Waals surface area (Å²) in [6, 6.07) is 0. The van der Waals surface area contributed by atoms with E-state index in [1.165, 1.54) is 0 Å². The van der Waals surface area contributed by atoms with Gasteiger partial charge in [0.1, 0.15) is 26.4 Å². The summed E-state index contributed by atoms with van der Waals surface area (Å²) in [4.78, 5) is 49.8. The normalized spacial score (nSPS) is 21.1. The highest BCUT2D eigenvalue weighted by Crippen LogP contribution is 2.10. The average molecular weight is 667 g/mol. The molecule has 0 atom stereocenters. The van der Waals surface area contributed by atoms with Crippen molar-refractivity contribution in [3.05, 3.63) is 0 Å². The van der Waals surface area contributed by atoms with Crippen molar-refractivity contribution in [1.82, 2.24) is 0 Å². The molecule has 46 heavy (non-hydrogen) atoms. The minimum absolute atomic E-state index is 0.0258. The Balaban J connectivity index is 1.63. The van der Waals surface area contributed by atoms with Crippen LogP contribution < -0.4 is 0 Å². The van der Waals surface area contributed by atoms with E-state index in [0.29, 0.717) is 65.7 Å². The van der Waals surface area contributed by atoms with Gasteiger partial charge in [0, 0.05) is 13.2 Å². The van der Waals surface area contributed by atoms with Crippen LogP contribution in [0.4, 0.5) is 0 Å². The van der Waals surface area contributed by atoms with Crippen molar-refractivity contribution >= 4 is 23.9 Å². The largest absolute Gasteiger partial charge is 0.461 e. The Kier molecular flexibility index (Phi) is 23.9. The molecular weight excluding hydrogens is 616 g/mol. The summed E-state index contributed by atoms with van der Waals surface area (Å²) in [7, 11) is 0. The Labute approximate surface area is 269 Å². The number of carbonyl (C=O) groups is 4. The molecular formula is C30H50O16. The van der Waals surface area contributed by atoms with Gasteiger partial charge in [-0.25, -0.2) is 19.2 Å². The number of hydrogen-bond donors (Lipinski definition) is 0. The number of cyclic esters (lactones) is 4. The lowest BCUT2D eigenvalue weighted by Gasteiger charge is -2.17. The van der Waals surface area contributed by atoms with E-state index in [2.05, 4.69) is 0 Å². The van der Waals surface area contributed by atoms with Gasteiger partial charge in [-0.15, -0.1) is 0 Å². The van der Waals surface area contributed by atoms with E-state index in [1.54, 1.807) is 0 Å². The second kappa shape index (κ2) is 27.7. The molecule has 2 aliphatic heterocycles. The molecule has 2 aliphatic rings. The zero-order chi connectivity index (χ0) is 32.9. The van der Waals surface area contributed by atoms with Crippen LogP contribution in [-0.4, -0.2) is 155 Å². The van der Waals surface area contributed by atoms with Crippen LogP contribution in [0.2, 0.25) is 0 Å². The van der Waals surface area contributed by atoms with Crippen molar-refractivity contribution in [2.75, 3.05) is 119 Å². The lowest BCUT2D eigenvalue weighted by molar-refractivity contribution is -0.177. The summed E-state index contributed by atoms with van der Waals surface area (Å²) in [6.07, 6.45) is 1.55. The van der Waals surface area contributed by atoms with Crippen LogP contribution in [0.3, 0.4) is 0 Å². The lowest BCUT2D eigenvalue weighted by atomic mass is 10.1. The third-order valence-electron chi connectivity index (χ3n) is 6.34. The number of carbonyl (C=O) groups excluding carboxylic acids is 4. The Morgan fingerprint density at radius 3 is 0.826 bits per heavy atom. The molecule has 0 aromatic rings. The molecule has 0 bridgehead atoms. The summed E-state index contributed by atoms with van der Waals surface area (Å²) in [5, 5.41) is 0. The standard InChI is InChI=1S/C30H50O16/c31-27-25(28(32)44-22-18-38-14-10-35-9-13-37-17-21-43-27)41-7-5-3-1-2-4-6-8-42-26-29(33)45-23-19-39-15-11-36-12-16-40-20-24-46-30(26)34/h25-26H,1-24H2. The van der Waals surface area contributed by atoms with Gasteiger partial charge in [0.25, 0.3) is 12.2 Å². The molecule has 0 saturated carbocycles. The van der Waals surface area contributed by atoms with E-state index >= 15 is 0 Å². The number of ether oxygens (including phenoxy) is 12. The molecule has 2 rings (SSSR count). The summed E-state index contributed by atoms with van der Waals surface area (Å²) in [5.74, 6) is -3.33. The highest BCUT2D eigenvalue weighted by molar-refractivity contribution is 5.98. The van der Waals surface area contributed by atoms with Gasteiger partial charge in [0.05, 0.1) is 79.3 Å². The van der Waals surface area contributed by atoms with Gasteiger partial charge in [-0.05, 0) is 12.8 Å². The van der Waals surface area contributed by atoms with Crippen LogP contribution in [-0.2, 0) is 76.0 Å². The Hall–Kier alpha value is -2.44. The minimum Gasteiger partial charge on any atom is -0.461 e. The summed E-state index contributed by atoms with van der Waals surface area (Å²) in [6.45, 7) is 3.83. The third-order valence-corrected chi connectivity index (χ3v) is 6.34. The zero-order valence-electron chi connectivity index (χ0n) is 26.7. The van der Waals surface area contributed by atoms with E-state index < -0.39 is 36.1 Å². The van der Waals surface area contributed by atoms with Gasteiger partial charge < -0.3 is 56.8 Å². The van der Waals surface area contributed by atoms with Crippen molar-refractivity contribution < 1.29 is 76.0 Å². The van der Waals surface area contributed by atoms with E-state index in [9.17, 15) is 19.2 Å². The molecule has 0 aliphatic carbocycles. The number of unbranched alkanes of at least 4 members (excludes halogenated alkanes) is 5. The smallest absolute Gasteiger partial charge is 0.347 e. The molecule has 0 spiro atoms. The fourth-order valence-electron chi connectivity index (χ4n) is 3.97. The molecule has 16 heteroatoms. The fraction of sp³-hybridized carbons (Fsp3) is 0.867. The average Bonchev–Trinajstić information content (AvgIpc) is 3.04. The maximum atomic E-state index is 12.4. The number of hydrogen-bond acceptors (Lipinski definition) is 16. The molecule has 16 nitrogen and oxygen atoms in total. The first-order valence-corrected chi connectivity index (χ1v) is 16.0. The van der Waals surface area contributed by atoms with Gasteiger partial charge in [-0.1, -0.05) is 25.7 Å². The molecule has 0 N–H and O–H groups in total. The van der Waals surface area contributed by atoms with Gasteiger partial charge in [-0.2, -0.15) is 0 Å². The van der Waals surface area contributed by atoms with Crippen molar-refractivity contribution in [2.24, 2.45) is 0 Å². The fourth-order valence-corrected chi connectivity index (χ4v) is 3.97. The van der Waals surface area contributed by atoms with Crippen molar-refractivity contribution in [1.29, 1.82) is 0 Å². The molecule has 266 valence electrons. The Morgan fingerprint density at radius 1 is 0.348 bits per heavy atom. The second-order valence-electron chi connectivity index (χ2n) is 9.97. The van der Waals surface area contributed by atoms with E-state index in [0.717, 1.165) is 25.7 Å². The van der Waals surface area contributed by atoms with Crippen LogP contribution in [0, 0.1) is 0 Å². The van der Waals surface area contributed by atoms with E-state index in [-0.39, 0.29) is 66.1 Å². The summed E-state index contributed by atoms with van der Waals surface area (Å²) >= 11 is 0. The van der Waals surface area contributed by atoms with Crippen molar-refractivity contribution in [2.45, 2.75) is 50.7 Å². The highest BCUT2D eigenvalue weighted by Gasteiger charge is 2.32. The maximum absolute atomic E-state index is 12.4. The predicted octanol–water partition coefficient (Wildman–Crippen LogP) is 0.397. The molecule has 2 fully saturated rings. The number of esters is 4. The molecule has 0 aromatic carbocycles. The third kappa shape index (κ3) is 19.9. The molecule has 0 amide bonds. The summed E-state index contributed by atoms with van der Waals surface area (Å²) in [5.41, 5.74) is 0. The zero-order valence-corrected chi connectivity index (χ0v) is 26.7. The quantitative estimate of drug-likeness (QED) is 0.128. The SMILES string of the molecule is O=C1OCCOCCOCCOCCOC(=O)C1OCCCCCCCCOC1C(=O)OCCOCCOCCOCCOC1=O. The molecule has 0 radical (unpaired) electrons. The van der Waals surface area contributed by atoms with Gasteiger partial charge >= 0.3 is 23.9 Å². The first kappa shape index (κ1) is 39.7. The van der Waals surface area contributed by atoms with Gasteiger partial charge in [-0.3, -0.25) is 0 Å². The van der Waals surface area contributed by atoms with Crippen molar-refractivity contribution in [3.8, 4) is 0 Å². The maximum Gasteiger partial charge on any atom is 0.347 e. The van der Waals surface area contributed by atoms with E-state index in [1.807, 2.05) is 0 Å². The molecule has 2 saturated heterocycles. The Morgan fingerprint density at radius 2 is 0.565 bits per heavy atom. The predicted molar refractivity (Wildman–Crippen MR) is 156 cm³/mol. The highest BCUT2D eigenvalue weighted by atomic mass is 16.6. The van der Waals surface area contributed by atoms with Crippen molar-refractivity contribution in [3.63, 3.8) is 0 Å². The Bertz CT molecular complexity index is 707.